The second-order valence-electron chi connectivity index (χ2n) is 9.89. The summed E-state index contributed by atoms with van der Waals surface area (Å²) in [5.41, 5.74) is 3.54. The minimum atomic E-state index is -1.29. The topological polar surface area (TPSA) is 144 Å². The predicted molar refractivity (Wildman–Crippen MR) is 144 cm³/mol. The third-order valence-corrected chi connectivity index (χ3v) is 6.20. The van der Waals surface area contributed by atoms with E-state index in [0.717, 1.165) is 43.0 Å². The van der Waals surface area contributed by atoms with E-state index in [1.807, 2.05) is 38.1 Å². The average molecular weight is 570 g/mol. The van der Waals surface area contributed by atoms with Gasteiger partial charge in [0.2, 0.25) is 5.91 Å². The standard InChI is InChI=1S/C30H35NO10/c1-17-6-10-22(11-7-17)14-25(35)31-30-29(40-21(5)34)28(39-20(4)33)27(41-30)24(38-19(3)32)16-37-26(36)15-23-12-8-18(2)9-13-23/h6-13,24,27-30H,14-16H2,1-5H3,(H,31,35)/t24-,27+,28+,29+,30-/m1/s1. The second kappa shape index (κ2) is 14.4. The lowest BCUT2D eigenvalue weighted by atomic mass is 10.0. The van der Waals surface area contributed by atoms with Gasteiger partial charge in [0, 0.05) is 20.8 Å². The zero-order valence-electron chi connectivity index (χ0n) is 23.7. The number of carbonyl (C=O) groups excluding carboxylic acids is 5. The van der Waals surface area contributed by atoms with Crippen molar-refractivity contribution in [3.63, 3.8) is 0 Å². The molecule has 11 heteroatoms. The van der Waals surface area contributed by atoms with Gasteiger partial charge in [-0.2, -0.15) is 0 Å². The molecule has 0 bridgehead atoms. The van der Waals surface area contributed by atoms with E-state index in [4.69, 9.17) is 23.7 Å². The second-order valence-corrected chi connectivity index (χ2v) is 9.89. The number of amides is 1. The molecule has 0 aromatic heterocycles. The molecule has 1 aliphatic rings. The normalized spacial score (nSPS) is 20.4. The molecule has 5 atom stereocenters. The van der Waals surface area contributed by atoms with E-state index in [1.54, 1.807) is 24.3 Å². The molecule has 3 rings (SSSR count). The summed E-state index contributed by atoms with van der Waals surface area (Å²) in [4.78, 5) is 61.4. The fourth-order valence-electron chi connectivity index (χ4n) is 4.35. The maximum absolute atomic E-state index is 12.9. The summed E-state index contributed by atoms with van der Waals surface area (Å²) < 4.78 is 27.6. The SMILES string of the molecule is CC(=O)O[C@H]1[C@H]([C@@H](COC(=O)Cc2ccc(C)cc2)OC(C)=O)O[C@@H](NC(=O)Cc2ccc(C)cc2)[C@H]1OC(C)=O. The van der Waals surface area contributed by atoms with Crippen molar-refractivity contribution in [3.05, 3.63) is 70.8 Å². The molecule has 0 radical (unpaired) electrons. The minimum Gasteiger partial charge on any atom is -0.461 e. The predicted octanol–water partition coefficient (Wildman–Crippen LogP) is 2.27. The van der Waals surface area contributed by atoms with E-state index in [2.05, 4.69) is 5.32 Å². The Morgan fingerprint density at radius 1 is 0.756 bits per heavy atom. The van der Waals surface area contributed by atoms with Crippen LogP contribution in [0.1, 0.15) is 43.0 Å². The first-order valence-electron chi connectivity index (χ1n) is 13.1. The van der Waals surface area contributed by atoms with Crippen LogP contribution < -0.4 is 5.32 Å². The number of hydrogen-bond donors (Lipinski definition) is 1. The molecule has 1 N–H and O–H groups in total. The van der Waals surface area contributed by atoms with Crippen molar-refractivity contribution in [3.8, 4) is 0 Å². The number of hydrogen-bond acceptors (Lipinski definition) is 10. The van der Waals surface area contributed by atoms with Gasteiger partial charge in [0.25, 0.3) is 0 Å². The number of ether oxygens (including phenoxy) is 5. The van der Waals surface area contributed by atoms with Gasteiger partial charge in [-0.05, 0) is 25.0 Å². The molecule has 1 saturated heterocycles. The van der Waals surface area contributed by atoms with E-state index < -0.39 is 67.0 Å². The van der Waals surface area contributed by atoms with Crippen LogP contribution in [-0.4, -0.2) is 67.0 Å². The molecule has 220 valence electrons. The van der Waals surface area contributed by atoms with E-state index in [9.17, 15) is 24.0 Å². The van der Waals surface area contributed by atoms with Gasteiger partial charge in [-0.1, -0.05) is 59.7 Å². The van der Waals surface area contributed by atoms with Gasteiger partial charge in [0.1, 0.15) is 12.7 Å². The molecule has 2 aromatic carbocycles. The third-order valence-electron chi connectivity index (χ3n) is 6.20. The number of rotatable bonds is 11. The van der Waals surface area contributed by atoms with Crippen molar-refractivity contribution < 1.29 is 47.7 Å². The van der Waals surface area contributed by atoms with Crippen LogP contribution in [-0.2, 0) is 60.5 Å². The molecule has 0 spiro atoms. The zero-order valence-corrected chi connectivity index (χ0v) is 23.7. The number of aryl methyl sites for hydroxylation is 2. The molecule has 0 saturated carbocycles. The molecular weight excluding hydrogens is 534 g/mol. The fraction of sp³-hybridized carbons (Fsp3) is 0.433. The van der Waals surface area contributed by atoms with Crippen molar-refractivity contribution in [1.82, 2.24) is 5.32 Å². The highest BCUT2D eigenvalue weighted by Gasteiger charge is 2.53. The third kappa shape index (κ3) is 9.71. The van der Waals surface area contributed by atoms with Crippen LogP contribution in [0.4, 0.5) is 0 Å². The number of carbonyl (C=O) groups is 5. The van der Waals surface area contributed by atoms with Crippen LogP contribution in [0.25, 0.3) is 0 Å². The van der Waals surface area contributed by atoms with Crippen molar-refractivity contribution in [1.29, 1.82) is 0 Å². The Balaban J connectivity index is 1.79. The largest absolute Gasteiger partial charge is 0.461 e. The van der Waals surface area contributed by atoms with E-state index in [0.29, 0.717) is 0 Å². The smallest absolute Gasteiger partial charge is 0.310 e. The zero-order chi connectivity index (χ0) is 30.1. The van der Waals surface area contributed by atoms with Crippen LogP contribution in [0.15, 0.2) is 48.5 Å². The van der Waals surface area contributed by atoms with E-state index >= 15 is 0 Å². The highest BCUT2D eigenvalue weighted by atomic mass is 16.7. The minimum absolute atomic E-state index is 0.000170. The Hall–Kier alpha value is -4.25. The van der Waals surface area contributed by atoms with Crippen LogP contribution in [0, 0.1) is 13.8 Å². The molecule has 1 amide bonds. The van der Waals surface area contributed by atoms with E-state index in [-0.39, 0.29) is 12.8 Å². The van der Waals surface area contributed by atoms with Crippen molar-refractivity contribution in [2.75, 3.05) is 6.61 Å². The van der Waals surface area contributed by atoms with Gasteiger partial charge >= 0.3 is 23.9 Å². The molecule has 1 heterocycles. The van der Waals surface area contributed by atoms with Crippen LogP contribution >= 0.6 is 0 Å². The Bertz CT molecular complexity index is 1240. The van der Waals surface area contributed by atoms with Gasteiger partial charge in [0.05, 0.1) is 12.8 Å². The van der Waals surface area contributed by atoms with E-state index in [1.165, 1.54) is 0 Å². The summed E-state index contributed by atoms with van der Waals surface area (Å²) in [5, 5.41) is 2.66. The summed E-state index contributed by atoms with van der Waals surface area (Å²) in [5.74, 6) is -3.21. The van der Waals surface area contributed by atoms with Gasteiger partial charge in [-0.3, -0.25) is 24.0 Å². The average Bonchev–Trinajstić information content (AvgIpc) is 3.19. The number of benzene rings is 2. The number of esters is 4. The van der Waals surface area contributed by atoms with Crippen LogP contribution in [0.3, 0.4) is 0 Å². The summed E-state index contributed by atoms with van der Waals surface area (Å²) in [7, 11) is 0. The van der Waals surface area contributed by atoms with Crippen LogP contribution in [0.5, 0.6) is 0 Å². The first kappa shape index (κ1) is 31.3. The van der Waals surface area contributed by atoms with Gasteiger partial charge < -0.3 is 29.0 Å². The Kier molecular flexibility index (Phi) is 11.0. The molecule has 11 nitrogen and oxygen atoms in total. The molecule has 0 aliphatic carbocycles. The molecular formula is C30H35NO10. The van der Waals surface area contributed by atoms with Crippen LogP contribution in [0.2, 0.25) is 0 Å². The maximum atomic E-state index is 12.9. The summed E-state index contributed by atoms with van der Waals surface area (Å²) in [6.07, 6.45) is -6.35. The summed E-state index contributed by atoms with van der Waals surface area (Å²) in [6.45, 7) is 6.86. The first-order valence-corrected chi connectivity index (χ1v) is 13.1. The quantitative estimate of drug-likeness (QED) is 0.316. The first-order chi connectivity index (χ1) is 19.4. The Morgan fingerprint density at radius 2 is 1.27 bits per heavy atom. The Morgan fingerprint density at radius 3 is 1.78 bits per heavy atom. The maximum Gasteiger partial charge on any atom is 0.310 e. The summed E-state index contributed by atoms with van der Waals surface area (Å²) in [6, 6.07) is 14.7. The molecule has 2 aromatic rings. The van der Waals surface area contributed by atoms with Crippen molar-refractivity contribution >= 4 is 29.8 Å². The molecule has 0 unspecified atom stereocenters. The highest BCUT2D eigenvalue weighted by Crippen LogP contribution is 2.30. The van der Waals surface area contributed by atoms with Crippen molar-refractivity contribution in [2.24, 2.45) is 0 Å². The highest BCUT2D eigenvalue weighted by molar-refractivity contribution is 5.79. The number of nitrogens with one attached hydrogen (secondary N) is 1. The molecule has 1 fully saturated rings. The lowest BCUT2D eigenvalue weighted by molar-refractivity contribution is -0.177. The lowest BCUT2D eigenvalue weighted by Crippen LogP contribution is -2.48. The molecule has 41 heavy (non-hydrogen) atoms. The van der Waals surface area contributed by atoms with Crippen molar-refractivity contribution in [2.45, 2.75) is 78.1 Å². The van der Waals surface area contributed by atoms with Gasteiger partial charge in [-0.25, -0.2) is 0 Å². The molecule has 1 aliphatic heterocycles. The lowest BCUT2D eigenvalue weighted by Gasteiger charge is -2.27. The summed E-state index contributed by atoms with van der Waals surface area (Å²) >= 11 is 0. The van der Waals surface area contributed by atoms with Gasteiger partial charge in [-0.15, -0.1) is 0 Å². The van der Waals surface area contributed by atoms with Gasteiger partial charge in [0.15, 0.2) is 24.5 Å². The Labute approximate surface area is 238 Å². The fourth-order valence-corrected chi connectivity index (χ4v) is 4.35. The monoisotopic (exact) mass is 569 g/mol.